The van der Waals surface area contributed by atoms with Gasteiger partial charge in [0.1, 0.15) is 23.2 Å². The van der Waals surface area contributed by atoms with Crippen LogP contribution >= 0.6 is 0 Å². The standard InChI is InChI=1S/C23H28N6O5S/c30-23(29(31)11-2-1-6-21-24-9-4-10-25-21)18-35(32,33)28-14-12-27(13-15-28)22-8-7-19(17-26-22)20-5-3-16-34-20/h3-5,7-10,16-17,31H,1-2,6,11-15,18H2. The van der Waals surface area contributed by atoms with Crippen LogP contribution in [0.25, 0.3) is 11.3 Å². The highest BCUT2D eigenvalue weighted by Gasteiger charge is 2.30. The molecule has 1 aliphatic rings. The van der Waals surface area contributed by atoms with E-state index in [9.17, 15) is 18.4 Å². The van der Waals surface area contributed by atoms with E-state index in [4.69, 9.17) is 4.42 Å². The van der Waals surface area contributed by atoms with Crippen LogP contribution in [0.2, 0.25) is 0 Å². The Balaban J connectivity index is 1.21. The van der Waals surface area contributed by atoms with Gasteiger partial charge in [0.15, 0.2) is 0 Å². The summed E-state index contributed by atoms with van der Waals surface area (Å²) in [5.74, 6) is 0.567. The summed E-state index contributed by atoms with van der Waals surface area (Å²) in [4.78, 5) is 27.0. The van der Waals surface area contributed by atoms with Crippen molar-refractivity contribution in [1.29, 1.82) is 0 Å². The van der Waals surface area contributed by atoms with E-state index < -0.39 is 21.7 Å². The molecule has 11 nitrogen and oxygen atoms in total. The highest BCUT2D eigenvalue weighted by Crippen LogP contribution is 2.22. The quantitative estimate of drug-likeness (QED) is 0.251. The molecule has 0 aliphatic carbocycles. The first-order chi connectivity index (χ1) is 16.9. The Labute approximate surface area is 204 Å². The first-order valence-corrected chi connectivity index (χ1v) is 13.0. The van der Waals surface area contributed by atoms with Crippen LogP contribution in [0.5, 0.6) is 0 Å². The number of hydrogen-bond donors (Lipinski definition) is 1. The minimum Gasteiger partial charge on any atom is -0.464 e. The molecule has 4 heterocycles. The van der Waals surface area contributed by atoms with Crippen LogP contribution in [0.15, 0.2) is 59.6 Å². The fourth-order valence-corrected chi connectivity index (χ4v) is 5.17. The minimum atomic E-state index is -3.84. The Bertz CT molecular complexity index is 1180. The molecule has 4 rings (SSSR count). The largest absolute Gasteiger partial charge is 0.464 e. The van der Waals surface area contributed by atoms with Gasteiger partial charge in [-0.25, -0.2) is 28.4 Å². The van der Waals surface area contributed by atoms with Crippen molar-refractivity contribution < 1.29 is 22.8 Å². The summed E-state index contributed by atoms with van der Waals surface area (Å²) < 4.78 is 32.1. The highest BCUT2D eigenvalue weighted by molar-refractivity contribution is 7.89. The molecule has 1 aliphatic heterocycles. The second-order valence-electron chi connectivity index (χ2n) is 8.16. The summed E-state index contributed by atoms with van der Waals surface area (Å²) in [6.07, 6.45) is 8.42. The molecule has 12 heteroatoms. The van der Waals surface area contributed by atoms with Gasteiger partial charge in [0.25, 0.3) is 5.91 Å². The molecular formula is C23H28N6O5S. The molecule has 1 amide bonds. The molecule has 1 N–H and O–H groups in total. The van der Waals surface area contributed by atoms with E-state index in [0.717, 1.165) is 17.1 Å². The van der Waals surface area contributed by atoms with E-state index in [0.29, 0.717) is 43.2 Å². The van der Waals surface area contributed by atoms with Crippen molar-refractivity contribution in [2.45, 2.75) is 19.3 Å². The third-order valence-corrected chi connectivity index (χ3v) is 7.51. The van der Waals surface area contributed by atoms with E-state index in [1.54, 1.807) is 30.9 Å². The Morgan fingerprint density at radius 1 is 1.03 bits per heavy atom. The Morgan fingerprint density at radius 2 is 1.80 bits per heavy atom. The monoisotopic (exact) mass is 500 g/mol. The summed E-state index contributed by atoms with van der Waals surface area (Å²) in [6.45, 7) is 1.42. The molecule has 3 aromatic rings. The van der Waals surface area contributed by atoms with Crippen LogP contribution in [0.1, 0.15) is 18.7 Å². The lowest BCUT2D eigenvalue weighted by atomic mass is 10.2. The number of anilines is 1. The summed E-state index contributed by atoms with van der Waals surface area (Å²) in [5.41, 5.74) is 0.862. The molecule has 0 bridgehead atoms. The first-order valence-electron chi connectivity index (χ1n) is 11.4. The first kappa shape index (κ1) is 24.8. The maximum Gasteiger partial charge on any atom is 0.262 e. The Kier molecular flexibility index (Phi) is 8.06. The molecule has 0 atom stereocenters. The maximum atomic E-state index is 12.7. The number of carbonyl (C=O) groups is 1. The Morgan fingerprint density at radius 3 is 2.46 bits per heavy atom. The second-order valence-corrected chi connectivity index (χ2v) is 10.1. The topological polar surface area (TPSA) is 133 Å². The van der Waals surface area contributed by atoms with E-state index in [2.05, 4.69) is 15.0 Å². The Hall–Kier alpha value is -3.35. The van der Waals surface area contributed by atoms with Gasteiger partial charge in [0, 0.05) is 63.3 Å². The normalized spacial score (nSPS) is 14.7. The number of aryl methyl sites for hydroxylation is 1. The van der Waals surface area contributed by atoms with Crippen molar-refractivity contribution in [3.8, 4) is 11.3 Å². The van der Waals surface area contributed by atoms with Crippen molar-refractivity contribution in [3.63, 3.8) is 0 Å². The number of carbonyl (C=O) groups excluding carboxylic acids is 1. The zero-order chi connectivity index (χ0) is 24.7. The van der Waals surface area contributed by atoms with Crippen molar-refractivity contribution >= 4 is 21.7 Å². The number of piperazine rings is 1. The molecule has 0 saturated carbocycles. The van der Waals surface area contributed by atoms with Crippen LogP contribution in [0.3, 0.4) is 0 Å². The van der Waals surface area contributed by atoms with Gasteiger partial charge >= 0.3 is 0 Å². The third-order valence-electron chi connectivity index (χ3n) is 5.74. The number of hydrogen-bond acceptors (Lipinski definition) is 9. The van der Waals surface area contributed by atoms with Crippen LogP contribution in [0, 0.1) is 0 Å². The maximum absolute atomic E-state index is 12.7. The second kappa shape index (κ2) is 11.4. The van der Waals surface area contributed by atoms with Crippen LogP contribution in [-0.4, -0.2) is 82.3 Å². The molecular weight excluding hydrogens is 472 g/mol. The summed E-state index contributed by atoms with van der Waals surface area (Å²) in [6, 6.07) is 9.18. The molecule has 0 radical (unpaired) electrons. The lowest BCUT2D eigenvalue weighted by molar-refractivity contribution is -0.162. The molecule has 1 saturated heterocycles. The molecule has 3 aromatic heterocycles. The van der Waals surface area contributed by atoms with Gasteiger partial charge in [0.2, 0.25) is 10.0 Å². The van der Waals surface area contributed by atoms with Gasteiger partial charge < -0.3 is 9.32 Å². The van der Waals surface area contributed by atoms with Gasteiger partial charge in [-0.15, -0.1) is 0 Å². The summed E-state index contributed by atoms with van der Waals surface area (Å²) >= 11 is 0. The number of sulfonamides is 1. The molecule has 1 fully saturated rings. The lowest BCUT2D eigenvalue weighted by Gasteiger charge is -2.34. The number of rotatable bonds is 10. The van der Waals surface area contributed by atoms with Gasteiger partial charge in [-0.05, 0) is 43.2 Å². The van der Waals surface area contributed by atoms with Crippen molar-refractivity contribution in [1.82, 2.24) is 24.3 Å². The average Bonchev–Trinajstić information content (AvgIpc) is 3.42. The highest BCUT2D eigenvalue weighted by atomic mass is 32.2. The number of nitrogens with zero attached hydrogens (tertiary/aromatic N) is 6. The van der Waals surface area contributed by atoms with E-state index >= 15 is 0 Å². The van der Waals surface area contributed by atoms with Crippen LogP contribution in [0.4, 0.5) is 5.82 Å². The van der Waals surface area contributed by atoms with Crippen LogP contribution in [-0.2, 0) is 21.2 Å². The van der Waals surface area contributed by atoms with Crippen LogP contribution < -0.4 is 4.90 Å². The number of hydroxylamine groups is 2. The lowest BCUT2D eigenvalue weighted by Crippen LogP contribution is -2.51. The number of pyridine rings is 1. The predicted molar refractivity (Wildman–Crippen MR) is 128 cm³/mol. The number of unbranched alkanes of at least 4 members (excludes halogenated alkanes) is 1. The zero-order valence-corrected chi connectivity index (χ0v) is 20.0. The summed E-state index contributed by atoms with van der Waals surface area (Å²) in [7, 11) is -3.84. The predicted octanol–water partition coefficient (Wildman–Crippen LogP) is 1.82. The molecule has 0 spiro atoms. The molecule has 35 heavy (non-hydrogen) atoms. The van der Waals surface area contributed by atoms with Gasteiger partial charge in [-0.1, -0.05) is 0 Å². The van der Waals surface area contributed by atoms with E-state index in [-0.39, 0.29) is 19.6 Å². The fourth-order valence-electron chi connectivity index (χ4n) is 3.81. The van der Waals surface area contributed by atoms with Crippen molar-refractivity contribution in [3.05, 3.63) is 61.0 Å². The SMILES string of the molecule is O=C(CS(=O)(=O)N1CCN(c2ccc(-c3ccco3)cn2)CC1)N(O)CCCCc1ncccn1. The van der Waals surface area contributed by atoms with Crippen molar-refractivity contribution in [2.75, 3.05) is 43.4 Å². The number of aromatic nitrogens is 3. The fraction of sp³-hybridized carbons (Fsp3) is 0.391. The average molecular weight is 501 g/mol. The summed E-state index contributed by atoms with van der Waals surface area (Å²) in [5, 5.41) is 10.5. The molecule has 0 unspecified atom stereocenters. The van der Waals surface area contributed by atoms with Crippen molar-refractivity contribution in [2.24, 2.45) is 0 Å². The smallest absolute Gasteiger partial charge is 0.262 e. The van der Waals surface area contributed by atoms with Gasteiger partial charge in [0.05, 0.1) is 6.26 Å². The zero-order valence-electron chi connectivity index (χ0n) is 19.2. The minimum absolute atomic E-state index is 0.0502. The molecule has 0 aromatic carbocycles. The third kappa shape index (κ3) is 6.62. The van der Waals surface area contributed by atoms with Gasteiger partial charge in [-0.2, -0.15) is 4.31 Å². The van der Waals surface area contributed by atoms with E-state index in [1.165, 1.54) is 4.31 Å². The number of furan rings is 1. The number of amides is 1. The van der Waals surface area contributed by atoms with Gasteiger partial charge in [-0.3, -0.25) is 10.0 Å². The van der Waals surface area contributed by atoms with E-state index in [1.807, 2.05) is 29.2 Å². The molecule has 186 valence electrons.